The Hall–Kier alpha value is -4.57. The largest absolute Gasteiger partial charge is 0.483 e. The normalized spacial score (nSPS) is 26.5. The average Bonchev–Trinajstić information content (AvgIpc) is 3.82. The number of halogens is 6. The monoisotopic (exact) mass is 745 g/mol. The number of rotatable bonds is 6. The zero-order valence-electron chi connectivity index (χ0n) is 26.0. The molecule has 4 aliphatic rings. The Morgan fingerprint density at radius 2 is 1.47 bits per heavy atom. The molecule has 8 rings (SSSR count). The minimum Gasteiger partial charge on any atom is -0.483 e. The lowest BCUT2D eigenvalue weighted by Crippen LogP contribution is -2.42. The molecule has 7 atom stereocenters. The van der Waals surface area contributed by atoms with Gasteiger partial charge >= 0.3 is 17.2 Å². The van der Waals surface area contributed by atoms with Gasteiger partial charge in [0.15, 0.2) is 6.61 Å². The third kappa shape index (κ3) is 5.45. The fraction of sp³-hybridized carbons (Fsp3) is 0.314. The number of anilines is 2. The molecule has 2 bridgehead atoms. The van der Waals surface area contributed by atoms with E-state index >= 15 is 0 Å². The second-order valence-corrected chi connectivity index (χ2v) is 15.1. The third-order valence-electron chi connectivity index (χ3n) is 10.3. The van der Waals surface area contributed by atoms with E-state index in [9.17, 15) is 45.5 Å². The molecule has 0 spiro atoms. The van der Waals surface area contributed by atoms with Crippen LogP contribution in [0, 0.1) is 29.6 Å². The number of carbonyl (C=O) groups excluding carboxylic acids is 3. The molecule has 1 saturated heterocycles. The third-order valence-corrected chi connectivity index (χ3v) is 12.9. The Morgan fingerprint density at radius 1 is 0.843 bits per heavy atom. The van der Waals surface area contributed by atoms with Crippen molar-refractivity contribution in [2.75, 3.05) is 16.8 Å². The molecule has 3 aromatic carbocycles. The molecule has 51 heavy (non-hydrogen) atoms. The van der Waals surface area contributed by atoms with Gasteiger partial charge in [-0.3, -0.25) is 19.2 Å². The number of hydrogen-bond donors (Lipinski definition) is 2. The fourth-order valence-corrected chi connectivity index (χ4v) is 11.4. The van der Waals surface area contributed by atoms with Crippen LogP contribution in [0.1, 0.15) is 33.9 Å². The molecule has 2 N–H and O–H groups in total. The lowest BCUT2D eigenvalue weighted by atomic mass is 9.68. The van der Waals surface area contributed by atoms with Crippen molar-refractivity contribution in [3.63, 3.8) is 0 Å². The van der Waals surface area contributed by atoms with Crippen molar-refractivity contribution in [3.8, 4) is 5.75 Å². The van der Waals surface area contributed by atoms with Gasteiger partial charge in [-0.1, -0.05) is 53.8 Å². The van der Waals surface area contributed by atoms with Crippen molar-refractivity contribution in [1.82, 2.24) is 4.98 Å². The van der Waals surface area contributed by atoms with Crippen molar-refractivity contribution < 1.29 is 45.5 Å². The van der Waals surface area contributed by atoms with E-state index in [0.29, 0.717) is 26.8 Å². The van der Waals surface area contributed by atoms with E-state index in [1.807, 2.05) is 0 Å². The lowest BCUT2D eigenvalue weighted by molar-refractivity contribution is -0.138. The van der Waals surface area contributed by atoms with E-state index in [1.165, 1.54) is 36.0 Å². The van der Waals surface area contributed by atoms with Crippen LogP contribution < -0.4 is 19.8 Å². The smallest absolute Gasteiger partial charge is 0.418 e. The number of hydrogen-bond acceptors (Lipinski definition) is 7. The zero-order valence-corrected chi connectivity index (χ0v) is 27.6. The number of benzene rings is 3. The van der Waals surface area contributed by atoms with E-state index < -0.39 is 82.9 Å². The summed E-state index contributed by atoms with van der Waals surface area (Å²) in [4.78, 5) is 57.4. The van der Waals surface area contributed by atoms with Crippen molar-refractivity contribution in [3.05, 3.63) is 104 Å². The molecule has 264 valence electrons. The first-order valence-electron chi connectivity index (χ1n) is 15.9. The van der Waals surface area contributed by atoms with Crippen LogP contribution in [0.25, 0.3) is 0 Å². The maximum Gasteiger partial charge on any atom is 0.418 e. The minimum atomic E-state index is -4.80. The Labute approximate surface area is 293 Å². The molecule has 0 radical (unpaired) electrons. The Morgan fingerprint density at radius 3 is 2.20 bits per heavy atom. The van der Waals surface area contributed by atoms with Crippen molar-refractivity contribution >= 4 is 52.2 Å². The summed E-state index contributed by atoms with van der Waals surface area (Å²) < 4.78 is 88.5. The molecule has 6 unspecified atom stereocenters. The molecule has 16 heteroatoms. The van der Waals surface area contributed by atoms with Crippen LogP contribution in [0.4, 0.5) is 37.7 Å². The van der Waals surface area contributed by atoms with Crippen LogP contribution in [-0.4, -0.2) is 34.6 Å². The van der Waals surface area contributed by atoms with Gasteiger partial charge in [-0.05, 0) is 54.5 Å². The second-order valence-electron chi connectivity index (χ2n) is 12.9. The number of alkyl halides is 6. The van der Waals surface area contributed by atoms with Crippen LogP contribution in [0.2, 0.25) is 0 Å². The number of aromatic amines is 1. The van der Waals surface area contributed by atoms with E-state index in [4.69, 9.17) is 4.74 Å². The highest BCUT2D eigenvalue weighted by Crippen LogP contribution is 2.69. The molecular formula is C35H25F6N3O5S2. The molecule has 4 aromatic rings. The number of ether oxygens (including phenoxy) is 1. The maximum absolute atomic E-state index is 14.1. The minimum absolute atomic E-state index is 0.230. The molecule has 3 fully saturated rings. The first kappa shape index (κ1) is 33.6. The molecule has 1 aromatic heterocycles. The molecule has 8 nitrogen and oxygen atoms in total. The number of thiazole rings is 1. The lowest BCUT2D eigenvalue weighted by Gasteiger charge is -2.43. The van der Waals surface area contributed by atoms with E-state index in [-0.39, 0.29) is 27.7 Å². The maximum atomic E-state index is 14.1. The number of H-pyrrole nitrogens is 1. The summed E-state index contributed by atoms with van der Waals surface area (Å²) in [6.45, 7) is -0.647. The summed E-state index contributed by atoms with van der Waals surface area (Å²) in [7, 11) is 0. The molecule has 3 amide bonds. The number of imide groups is 1. The summed E-state index contributed by atoms with van der Waals surface area (Å²) in [5.41, 5.74) is -2.47. The first-order chi connectivity index (χ1) is 24.2. The number of fused-ring (bicyclic) bond motifs is 9. The molecular weight excluding hydrogens is 721 g/mol. The van der Waals surface area contributed by atoms with Gasteiger partial charge in [0.25, 0.3) is 5.91 Å². The van der Waals surface area contributed by atoms with Gasteiger partial charge in [0, 0.05) is 21.6 Å². The van der Waals surface area contributed by atoms with Crippen LogP contribution >= 0.6 is 23.1 Å². The second kappa shape index (κ2) is 12.0. The molecule has 2 aliphatic heterocycles. The summed E-state index contributed by atoms with van der Waals surface area (Å²) in [6.07, 6.45) is -9.03. The van der Waals surface area contributed by atoms with Gasteiger partial charge in [0.2, 0.25) is 11.8 Å². The van der Waals surface area contributed by atoms with Crippen LogP contribution in [-0.2, 0) is 26.7 Å². The summed E-state index contributed by atoms with van der Waals surface area (Å²) in [6, 6.07) is 15.8. The van der Waals surface area contributed by atoms with Crippen molar-refractivity contribution in [2.24, 2.45) is 29.6 Å². The number of nitrogens with zero attached hydrogens (tertiary/aromatic N) is 1. The van der Waals surface area contributed by atoms with E-state index in [2.05, 4.69) is 10.3 Å². The van der Waals surface area contributed by atoms with Gasteiger partial charge in [0.05, 0.1) is 39.4 Å². The number of aromatic nitrogens is 1. The zero-order chi connectivity index (χ0) is 36.0. The number of amides is 3. The summed E-state index contributed by atoms with van der Waals surface area (Å²) in [5.74, 6) is -5.39. The van der Waals surface area contributed by atoms with Gasteiger partial charge in [-0.15, -0.1) is 11.8 Å². The van der Waals surface area contributed by atoms with Gasteiger partial charge < -0.3 is 15.0 Å². The Bertz CT molecular complexity index is 2150. The standard InChI is InChI=1S/C35H25F6N3O5S2/c36-34(37,38)18-8-2-4-10-20(18)42-23(45)14-49-22-12-6-1-7-15(22)24-25-16-13-17(28(25)50-30-29(24)51-33(48)43-30)27-26(16)31(46)44(32(27)47)21-11-5-3-9-19(21)35(39,40)41/h1-12,16-17,24-28H,13-14H2,(H,42,45)(H,43,48)/t16?,17?,24-,25?,26?,27?,28?/m1/s1. The van der Waals surface area contributed by atoms with Gasteiger partial charge in [-0.2, -0.15) is 26.3 Å². The average molecular weight is 746 g/mol. The van der Waals surface area contributed by atoms with Crippen LogP contribution in [0.3, 0.4) is 0 Å². The summed E-state index contributed by atoms with van der Waals surface area (Å²) >= 11 is 2.37. The van der Waals surface area contributed by atoms with Gasteiger partial charge in [-0.25, -0.2) is 4.90 Å². The van der Waals surface area contributed by atoms with Crippen LogP contribution in [0.5, 0.6) is 5.75 Å². The number of nitrogens with one attached hydrogen (secondary N) is 2. The predicted molar refractivity (Wildman–Crippen MR) is 174 cm³/mol. The highest BCUT2D eigenvalue weighted by atomic mass is 32.2. The first-order valence-corrected chi connectivity index (χ1v) is 17.5. The summed E-state index contributed by atoms with van der Waals surface area (Å²) in [5, 5.41) is 2.54. The number of para-hydroxylation sites is 3. The van der Waals surface area contributed by atoms with Crippen molar-refractivity contribution in [1.29, 1.82) is 0 Å². The topological polar surface area (TPSA) is 109 Å². The predicted octanol–water partition coefficient (Wildman–Crippen LogP) is 7.17. The van der Waals surface area contributed by atoms with E-state index in [0.717, 1.165) is 35.6 Å². The number of carbonyl (C=O) groups is 3. The SMILES string of the molecule is O=C(COc1ccccc1[C@H]1c2sc(=O)[nH]c2SC2C3CC(C4C(=O)N(c5ccccc5C(F)(F)F)C(=O)C34)C21)Nc1ccccc1C(F)(F)F. The molecule has 2 saturated carbocycles. The molecule has 2 aliphatic carbocycles. The van der Waals surface area contributed by atoms with Crippen LogP contribution in [0.15, 0.2) is 82.6 Å². The fourth-order valence-electron chi connectivity index (χ4n) is 8.55. The quantitative estimate of drug-likeness (QED) is 0.160. The van der Waals surface area contributed by atoms with Crippen molar-refractivity contribution in [2.45, 2.75) is 35.0 Å². The van der Waals surface area contributed by atoms with E-state index in [1.54, 1.807) is 24.3 Å². The highest BCUT2D eigenvalue weighted by molar-refractivity contribution is 8.00. The number of thioether (sulfide) groups is 1. The Kier molecular flexibility index (Phi) is 7.90. The Balaban J connectivity index is 1.12. The molecule has 3 heterocycles. The van der Waals surface area contributed by atoms with Gasteiger partial charge in [0.1, 0.15) is 5.75 Å². The highest BCUT2D eigenvalue weighted by Gasteiger charge is 2.70.